The molecule has 0 bridgehead atoms. The van der Waals surface area contributed by atoms with E-state index in [0.29, 0.717) is 0 Å². The van der Waals surface area contributed by atoms with Crippen LogP contribution in [0.3, 0.4) is 0 Å². The molecule has 0 saturated carbocycles. The van der Waals surface area contributed by atoms with Crippen LogP contribution in [0, 0.1) is 6.92 Å². The van der Waals surface area contributed by atoms with Gasteiger partial charge in [0.05, 0.1) is 16.3 Å². The van der Waals surface area contributed by atoms with Gasteiger partial charge in [0.2, 0.25) is 0 Å². The molecule has 8 heteroatoms. The number of benzene rings is 2. The second-order valence-corrected chi connectivity index (χ2v) is 7.46. The third-order valence-corrected chi connectivity index (χ3v) is 4.40. The normalized spacial score (nSPS) is 10.8. The zero-order chi connectivity index (χ0) is 18.6. The number of nitrogens with one attached hydrogen (secondary N) is 1. The van der Waals surface area contributed by atoms with Crippen molar-refractivity contribution in [3.8, 4) is 11.4 Å². The summed E-state index contributed by atoms with van der Waals surface area (Å²) in [5.74, 6) is -0.109. The number of phenolic OH excluding ortho intramolecular Hbond substituents is 1. The van der Waals surface area contributed by atoms with Gasteiger partial charge in [0.1, 0.15) is 5.75 Å². The van der Waals surface area contributed by atoms with Crippen LogP contribution in [0.1, 0.15) is 5.69 Å². The first-order chi connectivity index (χ1) is 11.7. The number of nitrogens with two attached hydrogens (primary N) is 1. The van der Waals surface area contributed by atoms with Crippen molar-refractivity contribution in [3.05, 3.63) is 70.6 Å². The maximum atomic E-state index is 11.4. The number of aryl methyl sites for hydroxylation is 1. The summed E-state index contributed by atoms with van der Waals surface area (Å²) in [7, 11) is -3.23. The number of aromatic nitrogens is 2. The van der Waals surface area contributed by atoms with Crippen LogP contribution in [0.4, 0.5) is 5.69 Å². The van der Waals surface area contributed by atoms with Crippen LogP contribution >= 0.6 is 0 Å². The Kier molecular flexibility index (Phi) is 5.33. The lowest BCUT2D eigenvalue weighted by Gasteiger charge is -2.01. The van der Waals surface area contributed by atoms with Crippen LogP contribution in [0.2, 0.25) is 0 Å². The van der Waals surface area contributed by atoms with Gasteiger partial charge in [0.25, 0.3) is 5.56 Å². The molecule has 0 fully saturated rings. The van der Waals surface area contributed by atoms with E-state index in [0.717, 1.165) is 17.6 Å². The summed E-state index contributed by atoms with van der Waals surface area (Å²) in [6.07, 6.45) is 1.08. The first-order valence-electron chi connectivity index (χ1n) is 7.31. The van der Waals surface area contributed by atoms with Crippen molar-refractivity contribution in [2.45, 2.75) is 11.8 Å². The summed E-state index contributed by atoms with van der Waals surface area (Å²) in [6.45, 7) is 1.86. The Labute approximate surface area is 145 Å². The molecule has 132 valence electrons. The van der Waals surface area contributed by atoms with Gasteiger partial charge >= 0.3 is 0 Å². The molecule has 0 aliphatic heterocycles. The monoisotopic (exact) mass is 361 g/mol. The largest absolute Gasteiger partial charge is 0.506 e. The Hall–Kier alpha value is -3.00. The smallest absolute Gasteiger partial charge is 0.271 e. The summed E-state index contributed by atoms with van der Waals surface area (Å²) >= 11 is 0. The maximum absolute atomic E-state index is 11.4. The number of nitrogens with zero attached hydrogens (tertiary/aromatic N) is 1. The number of aromatic hydroxyl groups is 1. The van der Waals surface area contributed by atoms with Crippen LogP contribution in [0.15, 0.2) is 64.3 Å². The predicted molar refractivity (Wildman–Crippen MR) is 96.8 cm³/mol. The molecule has 0 unspecified atom stereocenters. The Balaban J connectivity index is 0.000000181. The fraction of sp³-hybridized carbons (Fsp3) is 0.118. The van der Waals surface area contributed by atoms with Crippen LogP contribution in [0.25, 0.3) is 5.69 Å². The molecule has 0 aliphatic rings. The summed E-state index contributed by atoms with van der Waals surface area (Å²) in [5.41, 5.74) is 7.08. The molecule has 1 aromatic heterocycles. The molecule has 0 spiro atoms. The first kappa shape index (κ1) is 18.3. The molecule has 0 radical (unpaired) electrons. The third kappa shape index (κ3) is 4.74. The molecule has 7 nitrogen and oxygen atoms in total. The number of hydrogen-bond donors (Lipinski definition) is 3. The molecule has 1 heterocycles. The summed E-state index contributed by atoms with van der Waals surface area (Å²) in [5, 5.41) is 12.0. The third-order valence-electron chi connectivity index (χ3n) is 3.29. The van der Waals surface area contributed by atoms with Crippen molar-refractivity contribution in [2.75, 3.05) is 12.0 Å². The second-order valence-electron chi connectivity index (χ2n) is 5.44. The second kappa shape index (κ2) is 7.27. The highest BCUT2D eigenvalue weighted by Gasteiger charge is 2.08. The van der Waals surface area contributed by atoms with E-state index in [1.807, 2.05) is 37.3 Å². The van der Waals surface area contributed by atoms with E-state index in [4.69, 9.17) is 10.8 Å². The predicted octanol–water partition coefficient (Wildman–Crippen LogP) is 1.85. The Morgan fingerprint density at radius 2 is 1.72 bits per heavy atom. The van der Waals surface area contributed by atoms with E-state index in [9.17, 15) is 13.2 Å². The van der Waals surface area contributed by atoms with Crippen molar-refractivity contribution in [1.29, 1.82) is 0 Å². The number of hydrogen-bond acceptors (Lipinski definition) is 5. The quantitative estimate of drug-likeness (QED) is 0.475. The number of rotatable bonds is 2. The van der Waals surface area contributed by atoms with Gasteiger partial charge in [-0.1, -0.05) is 18.2 Å². The number of aromatic amines is 1. The molecule has 4 N–H and O–H groups in total. The standard InChI is InChI=1S/C10H10N2O.C7H9NO3S/c1-8-7-10(13)12(11-8)9-5-3-2-4-6-9;1-12(10,11)5-2-3-7(9)6(8)4-5/h2-7,11H,1H3;2-4,9H,8H2,1H3. The van der Waals surface area contributed by atoms with Crippen molar-refractivity contribution < 1.29 is 13.5 Å². The Morgan fingerprint density at radius 1 is 1.08 bits per heavy atom. The van der Waals surface area contributed by atoms with E-state index in [1.165, 1.54) is 22.9 Å². The highest BCUT2D eigenvalue weighted by atomic mass is 32.2. The lowest BCUT2D eigenvalue weighted by Crippen LogP contribution is -2.12. The van der Waals surface area contributed by atoms with Gasteiger partial charge in [-0.25, -0.2) is 13.1 Å². The average Bonchev–Trinajstić information content (AvgIpc) is 2.89. The van der Waals surface area contributed by atoms with E-state index >= 15 is 0 Å². The van der Waals surface area contributed by atoms with E-state index in [2.05, 4.69) is 5.10 Å². The molecule has 0 aliphatic carbocycles. The van der Waals surface area contributed by atoms with Gasteiger partial charge in [-0.3, -0.25) is 9.89 Å². The highest BCUT2D eigenvalue weighted by Crippen LogP contribution is 2.22. The van der Waals surface area contributed by atoms with E-state index < -0.39 is 9.84 Å². The maximum Gasteiger partial charge on any atom is 0.271 e. The lowest BCUT2D eigenvalue weighted by molar-refractivity contribution is 0.477. The van der Waals surface area contributed by atoms with Gasteiger partial charge in [-0.05, 0) is 37.3 Å². The lowest BCUT2D eigenvalue weighted by atomic mass is 10.3. The summed E-state index contributed by atoms with van der Waals surface area (Å²) < 4.78 is 23.4. The SMILES string of the molecule is CS(=O)(=O)c1ccc(O)c(N)c1.Cc1cc(=O)n(-c2ccccc2)[nH]1. The highest BCUT2D eigenvalue weighted by molar-refractivity contribution is 7.90. The zero-order valence-corrected chi connectivity index (χ0v) is 14.6. The number of phenols is 1. The minimum absolute atomic E-state index is 0.0244. The number of nitrogen functional groups attached to an aromatic ring is 1. The molecule has 0 saturated heterocycles. The van der Waals surface area contributed by atoms with Crippen LogP contribution in [0.5, 0.6) is 5.75 Å². The molecule has 2 aromatic carbocycles. The minimum atomic E-state index is -3.23. The van der Waals surface area contributed by atoms with Crippen molar-refractivity contribution in [3.63, 3.8) is 0 Å². The zero-order valence-electron chi connectivity index (χ0n) is 13.8. The van der Waals surface area contributed by atoms with Gasteiger partial charge in [-0.2, -0.15) is 0 Å². The van der Waals surface area contributed by atoms with Gasteiger partial charge in [0, 0.05) is 18.0 Å². The van der Waals surface area contributed by atoms with E-state index in [1.54, 1.807) is 6.07 Å². The molecule has 0 atom stereocenters. The van der Waals surface area contributed by atoms with Gasteiger partial charge < -0.3 is 10.8 Å². The fourth-order valence-corrected chi connectivity index (χ4v) is 2.70. The number of H-pyrrole nitrogens is 1. The molecular weight excluding hydrogens is 342 g/mol. The van der Waals surface area contributed by atoms with Gasteiger partial charge in [0.15, 0.2) is 9.84 Å². The van der Waals surface area contributed by atoms with Crippen LogP contribution < -0.4 is 11.3 Å². The van der Waals surface area contributed by atoms with Crippen molar-refractivity contribution >= 4 is 15.5 Å². The molecule has 25 heavy (non-hydrogen) atoms. The fourth-order valence-electron chi connectivity index (χ4n) is 2.05. The van der Waals surface area contributed by atoms with E-state index in [-0.39, 0.29) is 21.9 Å². The first-order valence-corrected chi connectivity index (χ1v) is 9.20. The van der Waals surface area contributed by atoms with Gasteiger partial charge in [-0.15, -0.1) is 0 Å². The van der Waals surface area contributed by atoms with Crippen molar-refractivity contribution in [1.82, 2.24) is 9.78 Å². The summed E-state index contributed by atoms with van der Waals surface area (Å²) in [4.78, 5) is 11.5. The number of anilines is 1. The van der Waals surface area contributed by atoms with Crippen LogP contribution in [-0.4, -0.2) is 29.6 Å². The number of sulfone groups is 1. The molecule has 0 amide bonds. The Bertz CT molecular complexity index is 1020. The van der Waals surface area contributed by atoms with Crippen LogP contribution in [-0.2, 0) is 9.84 Å². The Morgan fingerprint density at radius 3 is 2.20 bits per heavy atom. The van der Waals surface area contributed by atoms with Crippen molar-refractivity contribution in [2.24, 2.45) is 0 Å². The molecular formula is C17H19N3O4S. The topological polar surface area (TPSA) is 118 Å². The minimum Gasteiger partial charge on any atom is -0.506 e. The number of para-hydroxylation sites is 1. The molecule has 3 rings (SSSR count). The average molecular weight is 361 g/mol. The summed E-state index contributed by atoms with van der Waals surface area (Å²) in [6, 6.07) is 14.9. The molecule has 3 aromatic rings.